The van der Waals surface area contributed by atoms with Crippen LogP contribution in [0.15, 0.2) is 56.5 Å². The SMILES string of the molecule is O=C(CCCN1C(=O)C(=Cc2ccco2)SC1=S)Nc1cccc(Br)c1. The van der Waals surface area contributed by atoms with Gasteiger partial charge < -0.3 is 9.73 Å². The zero-order chi connectivity index (χ0) is 18.5. The number of amides is 2. The summed E-state index contributed by atoms with van der Waals surface area (Å²) in [5, 5.41) is 2.83. The molecule has 2 heterocycles. The molecular weight excluding hydrogens is 436 g/mol. The van der Waals surface area contributed by atoms with E-state index in [0.29, 0.717) is 34.4 Å². The molecule has 0 spiro atoms. The second-order valence-corrected chi connectivity index (χ2v) is 8.10. The number of benzene rings is 1. The Bertz CT molecular complexity index is 865. The molecule has 8 heteroatoms. The summed E-state index contributed by atoms with van der Waals surface area (Å²) in [7, 11) is 0. The molecule has 3 rings (SSSR count). The van der Waals surface area contributed by atoms with Crippen molar-refractivity contribution >= 4 is 67.8 Å². The van der Waals surface area contributed by atoms with Gasteiger partial charge in [0, 0.05) is 29.2 Å². The molecule has 0 bridgehead atoms. The van der Waals surface area contributed by atoms with E-state index < -0.39 is 0 Å². The highest BCUT2D eigenvalue weighted by molar-refractivity contribution is 9.10. The minimum absolute atomic E-state index is 0.0975. The predicted octanol–water partition coefficient (Wildman–Crippen LogP) is 4.66. The third-order valence-corrected chi connectivity index (χ3v) is 5.46. The van der Waals surface area contributed by atoms with Crippen molar-refractivity contribution in [1.29, 1.82) is 0 Å². The predicted molar refractivity (Wildman–Crippen MR) is 111 cm³/mol. The lowest BCUT2D eigenvalue weighted by Gasteiger charge is -2.14. The molecule has 1 saturated heterocycles. The van der Waals surface area contributed by atoms with Crippen molar-refractivity contribution in [3.05, 3.63) is 57.8 Å². The van der Waals surface area contributed by atoms with Crippen LogP contribution in [0.4, 0.5) is 5.69 Å². The number of thioether (sulfide) groups is 1. The van der Waals surface area contributed by atoms with Gasteiger partial charge in [0.25, 0.3) is 5.91 Å². The molecule has 0 unspecified atom stereocenters. The number of anilines is 1. The fraction of sp³-hybridized carbons (Fsp3) is 0.167. The molecule has 2 amide bonds. The van der Waals surface area contributed by atoms with Crippen LogP contribution in [0, 0.1) is 0 Å². The zero-order valence-electron chi connectivity index (χ0n) is 13.6. The summed E-state index contributed by atoms with van der Waals surface area (Å²) >= 11 is 9.89. The number of hydrogen-bond acceptors (Lipinski definition) is 5. The van der Waals surface area contributed by atoms with Crippen LogP contribution < -0.4 is 5.32 Å². The summed E-state index contributed by atoms with van der Waals surface area (Å²) in [5.41, 5.74) is 0.733. The van der Waals surface area contributed by atoms with Gasteiger partial charge in [-0.15, -0.1) is 0 Å². The molecule has 1 aliphatic rings. The highest BCUT2D eigenvalue weighted by Gasteiger charge is 2.31. The fourth-order valence-corrected chi connectivity index (χ4v) is 4.07. The van der Waals surface area contributed by atoms with Gasteiger partial charge in [0.05, 0.1) is 11.2 Å². The van der Waals surface area contributed by atoms with E-state index in [2.05, 4.69) is 21.2 Å². The van der Waals surface area contributed by atoms with Crippen molar-refractivity contribution in [3.63, 3.8) is 0 Å². The van der Waals surface area contributed by atoms with E-state index >= 15 is 0 Å². The summed E-state index contributed by atoms with van der Waals surface area (Å²) in [6.07, 6.45) is 4.07. The highest BCUT2D eigenvalue weighted by Crippen LogP contribution is 2.32. The Hall–Kier alpha value is -1.90. The maximum atomic E-state index is 12.4. The van der Waals surface area contributed by atoms with Gasteiger partial charge in [-0.25, -0.2) is 0 Å². The standard InChI is InChI=1S/C18H15BrN2O3S2/c19-12-4-1-5-13(10-12)20-16(22)7-2-8-21-17(23)15(26-18(21)25)11-14-6-3-9-24-14/h1,3-6,9-11H,2,7-8H2,(H,20,22). The molecular formula is C18H15BrN2O3S2. The van der Waals surface area contributed by atoms with Crippen molar-refractivity contribution < 1.29 is 14.0 Å². The van der Waals surface area contributed by atoms with Gasteiger partial charge in [-0.3, -0.25) is 14.5 Å². The van der Waals surface area contributed by atoms with Crippen molar-refractivity contribution in [3.8, 4) is 0 Å². The normalized spacial score (nSPS) is 15.7. The first-order chi connectivity index (χ1) is 12.5. The summed E-state index contributed by atoms with van der Waals surface area (Å²) in [4.78, 5) is 26.6. The number of nitrogens with zero attached hydrogens (tertiary/aromatic N) is 1. The van der Waals surface area contributed by atoms with E-state index in [9.17, 15) is 9.59 Å². The molecule has 1 N–H and O–H groups in total. The summed E-state index contributed by atoms with van der Waals surface area (Å²) in [6.45, 7) is 0.409. The van der Waals surface area contributed by atoms with Gasteiger partial charge in [-0.2, -0.15) is 0 Å². The first kappa shape index (κ1) is 18.9. The number of nitrogens with one attached hydrogen (secondary N) is 1. The van der Waals surface area contributed by atoms with Gasteiger partial charge in [0.1, 0.15) is 10.1 Å². The van der Waals surface area contributed by atoms with Gasteiger partial charge >= 0.3 is 0 Å². The summed E-state index contributed by atoms with van der Waals surface area (Å²) in [5.74, 6) is 0.363. The lowest BCUT2D eigenvalue weighted by molar-refractivity contribution is -0.122. The van der Waals surface area contributed by atoms with Crippen molar-refractivity contribution in [2.75, 3.05) is 11.9 Å². The van der Waals surface area contributed by atoms with Gasteiger partial charge in [0.2, 0.25) is 5.91 Å². The molecule has 1 aromatic carbocycles. The number of rotatable bonds is 6. The Morgan fingerprint density at radius 1 is 1.35 bits per heavy atom. The molecule has 0 aliphatic carbocycles. The lowest BCUT2D eigenvalue weighted by atomic mass is 10.2. The Kier molecular flexibility index (Phi) is 6.29. The second kappa shape index (κ2) is 8.66. The van der Waals surface area contributed by atoms with Crippen LogP contribution in [-0.4, -0.2) is 27.6 Å². The van der Waals surface area contributed by atoms with Gasteiger partial charge in [-0.1, -0.05) is 46.0 Å². The summed E-state index contributed by atoms with van der Waals surface area (Å²) in [6, 6.07) is 10.9. The minimum atomic E-state index is -0.149. The van der Waals surface area contributed by atoms with Crippen LogP contribution in [0.3, 0.4) is 0 Å². The van der Waals surface area contributed by atoms with E-state index in [0.717, 1.165) is 10.2 Å². The second-order valence-electron chi connectivity index (χ2n) is 5.51. The quantitative estimate of drug-likeness (QED) is 0.511. The average molecular weight is 451 g/mol. The molecule has 26 heavy (non-hydrogen) atoms. The smallest absolute Gasteiger partial charge is 0.266 e. The Morgan fingerprint density at radius 2 is 2.19 bits per heavy atom. The highest BCUT2D eigenvalue weighted by atomic mass is 79.9. The minimum Gasteiger partial charge on any atom is -0.465 e. The Morgan fingerprint density at radius 3 is 2.92 bits per heavy atom. The van der Waals surface area contributed by atoms with Crippen molar-refractivity contribution in [1.82, 2.24) is 4.90 Å². The van der Waals surface area contributed by atoms with Crippen LogP contribution in [0.25, 0.3) is 6.08 Å². The largest absolute Gasteiger partial charge is 0.465 e. The molecule has 0 saturated carbocycles. The topological polar surface area (TPSA) is 62.6 Å². The number of carbonyl (C=O) groups excluding carboxylic acids is 2. The van der Waals surface area contributed by atoms with Crippen LogP contribution in [0.1, 0.15) is 18.6 Å². The molecule has 1 aliphatic heterocycles. The number of furan rings is 1. The third-order valence-electron chi connectivity index (χ3n) is 3.58. The molecule has 0 atom stereocenters. The molecule has 1 aromatic heterocycles. The third kappa shape index (κ3) is 4.84. The van der Waals surface area contributed by atoms with E-state index in [1.807, 2.05) is 24.3 Å². The van der Waals surface area contributed by atoms with Crippen LogP contribution in [0.2, 0.25) is 0 Å². The van der Waals surface area contributed by atoms with E-state index in [1.165, 1.54) is 16.7 Å². The Labute approximate surface area is 168 Å². The van der Waals surface area contributed by atoms with E-state index in [1.54, 1.807) is 24.5 Å². The fourth-order valence-electron chi connectivity index (χ4n) is 2.38. The molecule has 1 fully saturated rings. The molecule has 2 aromatic rings. The van der Waals surface area contributed by atoms with Gasteiger partial charge in [0.15, 0.2) is 0 Å². The number of carbonyl (C=O) groups is 2. The van der Waals surface area contributed by atoms with Crippen molar-refractivity contribution in [2.24, 2.45) is 0 Å². The maximum absolute atomic E-state index is 12.4. The molecule has 134 valence electrons. The monoisotopic (exact) mass is 450 g/mol. The Balaban J connectivity index is 1.51. The molecule has 0 radical (unpaired) electrons. The van der Waals surface area contributed by atoms with Crippen LogP contribution in [0.5, 0.6) is 0 Å². The van der Waals surface area contributed by atoms with Crippen LogP contribution >= 0.6 is 39.9 Å². The van der Waals surface area contributed by atoms with Gasteiger partial charge in [-0.05, 0) is 36.8 Å². The zero-order valence-corrected chi connectivity index (χ0v) is 16.8. The number of thiocarbonyl (C=S) groups is 1. The van der Waals surface area contributed by atoms with E-state index in [-0.39, 0.29) is 11.8 Å². The lowest BCUT2D eigenvalue weighted by Crippen LogP contribution is -2.29. The summed E-state index contributed by atoms with van der Waals surface area (Å²) < 4.78 is 6.63. The average Bonchev–Trinajstić information content (AvgIpc) is 3.19. The molecule has 5 nitrogen and oxygen atoms in total. The van der Waals surface area contributed by atoms with Crippen LogP contribution in [-0.2, 0) is 9.59 Å². The number of halogens is 1. The first-order valence-electron chi connectivity index (χ1n) is 7.87. The maximum Gasteiger partial charge on any atom is 0.266 e. The first-order valence-corrected chi connectivity index (χ1v) is 9.89. The number of hydrogen-bond donors (Lipinski definition) is 1. The van der Waals surface area contributed by atoms with Crippen molar-refractivity contribution in [2.45, 2.75) is 12.8 Å². The van der Waals surface area contributed by atoms with E-state index in [4.69, 9.17) is 16.6 Å².